The molecule has 0 saturated carbocycles. The van der Waals surface area contributed by atoms with Gasteiger partial charge in [-0.2, -0.15) is 13.2 Å². The number of cyclic esters (lactones) is 1. The van der Waals surface area contributed by atoms with Gasteiger partial charge in [0, 0.05) is 24.1 Å². The number of benzene rings is 2. The number of nitrogens with one attached hydrogen (secondary N) is 1. The Balaban J connectivity index is 1.43. The van der Waals surface area contributed by atoms with Gasteiger partial charge < -0.3 is 14.6 Å². The van der Waals surface area contributed by atoms with Gasteiger partial charge in [0.05, 0.1) is 24.8 Å². The van der Waals surface area contributed by atoms with Gasteiger partial charge in [-0.15, -0.1) is 0 Å². The molecule has 2 amide bonds. The second-order valence-corrected chi connectivity index (χ2v) is 8.71. The summed E-state index contributed by atoms with van der Waals surface area (Å²) in [6.07, 6.45) is -2.75. The number of amides is 2. The van der Waals surface area contributed by atoms with Crippen LogP contribution in [0.2, 0.25) is 0 Å². The molecule has 0 bridgehead atoms. The van der Waals surface area contributed by atoms with E-state index in [-0.39, 0.29) is 12.5 Å². The van der Waals surface area contributed by atoms with Gasteiger partial charge in [0.25, 0.3) is 0 Å². The van der Waals surface area contributed by atoms with Crippen molar-refractivity contribution in [3.8, 4) is 11.1 Å². The van der Waals surface area contributed by atoms with Crippen molar-refractivity contribution in [2.75, 3.05) is 18.0 Å². The van der Waals surface area contributed by atoms with E-state index in [1.165, 1.54) is 17.9 Å². The van der Waals surface area contributed by atoms with Gasteiger partial charge >= 0.3 is 12.3 Å². The number of fused-ring (bicyclic) bond motifs is 3. The van der Waals surface area contributed by atoms with E-state index in [4.69, 9.17) is 9.26 Å². The zero-order chi connectivity index (χ0) is 24.7. The van der Waals surface area contributed by atoms with Gasteiger partial charge in [-0.1, -0.05) is 29.4 Å². The number of alkyl halides is 3. The van der Waals surface area contributed by atoms with Crippen LogP contribution < -0.4 is 10.2 Å². The summed E-state index contributed by atoms with van der Waals surface area (Å²) in [4.78, 5) is 25.1. The summed E-state index contributed by atoms with van der Waals surface area (Å²) in [5.41, 5.74) is 2.96. The number of carbonyl (C=O) groups is 2. The number of aryl methyl sites for hydroxylation is 1. The molecule has 1 saturated heterocycles. The van der Waals surface area contributed by atoms with Crippen molar-refractivity contribution in [3.05, 3.63) is 71.1 Å². The van der Waals surface area contributed by atoms with Crippen molar-refractivity contribution in [2.24, 2.45) is 0 Å². The van der Waals surface area contributed by atoms with Crippen LogP contribution in [0, 0.1) is 0 Å². The first-order chi connectivity index (χ1) is 16.7. The van der Waals surface area contributed by atoms with Gasteiger partial charge in [-0.25, -0.2) is 4.79 Å². The molecule has 5 rings (SSSR count). The zero-order valence-electron chi connectivity index (χ0n) is 18.8. The van der Waals surface area contributed by atoms with Crippen LogP contribution in [0.1, 0.15) is 41.7 Å². The fraction of sp³-hybridized carbons (Fsp3) is 0.320. The molecular formula is C25H22F3N3O4. The van der Waals surface area contributed by atoms with Crippen molar-refractivity contribution < 1.29 is 32.0 Å². The third-order valence-corrected chi connectivity index (χ3v) is 6.38. The summed E-state index contributed by atoms with van der Waals surface area (Å²) in [5, 5.41) is 6.58. The number of nitrogens with zero attached hydrogens (tertiary/aromatic N) is 2. The van der Waals surface area contributed by atoms with Crippen molar-refractivity contribution in [2.45, 2.75) is 38.0 Å². The number of ether oxygens (including phenoxy) is 1. The lowest BCUT2D eigenvalue weighted by Crippen LogP contribution is -2.33. The maximum absolute atomic E-state index is 13.3. The number of hydrogen-bond donors (Lipinski definition) is 1. The Labute approximate surface area is 198 Å². The van der Waals surface area contributed by atoms with E-state index in [0.29, 0.717) is 36.4 Å². The lowest BCUT2D eigenvalue weighted by atomic mass is 9.90. The van der Waals surface area contributed by atoms with Crippen LogP contribution in [-0.2, 0) is 22.1 Å². The fourth-order valence-electron chi connectivity index (χ4n) is 4.70. The average Bonchev–Trinajstić information content (AvgIpc) is 3.41. The molecule has 35 heavy (non-hydrogen) atoms. The third kappa shape index (κ3) is 4.48. The van der Waals surface area contributed by atoms with Gasteiger partial charge in [0.1, 0.15) is 6.10 Å². The van der Waals surface area contributed by atoms with E-state index in [9.17, 15) is 22.8 Å². The third-order valence-electron chi connectivity index (χ3n) is 6.38. The quantitative estimate of drug-likeness (QED) is 0.568. The molecule has 1 aliphatic heterocycles. The first-order valence-electron chi connectivity index (χ1n) is 11.2. The maximum Gasteiger partial charge on any atom is 0.416 e. The molecule has 7 nitrogen and oxygen atoms in total. The summed E-state index contributed by atoms with van der Waals surface area (Å²) in [7, 11) is 0. The molecule has 2 aromatic carbocycles. The zero-order valence-corrected chi connectivity index (χ0v) is 18.8. The molecule has 10 heteroatoms. The van der Waals surface area contributed by atoms with Gasteiger partial charge in [-0.05, 0) is 47.7 Å². The highest BCUT2D eigenvalue weighted by Gasteiger charge is 2.35. The van der Waals surface area contributed by atoms with Crippen LogP contribution in [0.15, 0.2) is 53.2 Å². The van der Waals surface area contributed by atoms with E-state index in [1.54, 1.807) is 18.3 Å². The SMILES string of the molecule is CC(=O)NC[C@H]1CN(c2ccc3c(c2)CCC(c2cccc(C(F)(F)F)c2)c2oncc2-3)C(=O)O1. The van der Waals surface area contributed by atoms with Crippen molar-refractivity contribution in [1.29, 1.82) is 0 Å². The summed E-state index contributed by atoms with van der Waals surface area (Å²) >= 11 is 0. The van der Waals surface area contributed by atoms with E-state index in [1.807, 2.05) is 12.1 Å². The second-order valence-electron chi connectivity index (χ2n) is 8.71. The van der Waals surface area contributed by atoms with E-state index in [2.05, 4.69) is 10.5 Å². The Hall–Kier alpha value is -3.82. The minimum absolute atomic E-state index is 0.204. The molecule has 1 N–H and O–H groups in total. The highest BCUT2D eigenvalue weighted by Crippen LogP contribution is 2.43. The molecule has 182 valence electrons. The molecule has 3 aromatic rings. The molecule has 1 aromatic heterocycles. The normalized spacial score (nSPS) is 19.5. The van der Waals surface area contributed by atoms with Gasteiger partial charge in [-0.3, -0.25) is 9.69 Å². The second kappa shape index (κ2) is 8.75. The monoisotopic (exact) mass is 485 g/mol. The highest BCUT2D eigenvalue weighted by molar-refractivity contribution is 5.90. The van der Waals surface area contributed by atoms with E-state index in [0.717, 1.165) is 28.8 Å². The molecule has 0 spiro atoms. The summed E-state index contributed by atoms with van der Waals surface area (Å²) in [5.74, 6) is -0.0828. The number of aromatic nitrogens is 1. The Kier molecular flexibility index (Phi) is 5.74. The van der Waals surface area contributed by atoms with Crippen LogP contribution >= 0.6 is 0 Å². The van der Waals surface area contributed by atoms with Crippen molar-refractivity contribution >= 4 is 17.7 Å². The first-order valence-corrected chi connectivity index (χ1v) is 11.2. The Morgan fingerprint density at radius 1 is 1.20 bits per heavy atom. The first kappa shape index (κ1) is 22.9. The average molecular weight is 485 g/mol. The van der Waals surface area contributed by atoms with Crippen LogP contribution in [0.4, 0.5) is 23.7 Å². The predicted octanol–water partition coefficient (Wildman–Crippen LogP) is 4.90. The Morgan fingerprint density at radius 3 is 2.80 bits per heavy atom. The van der Waals surface area contributed by atoms with Crippen LogP contribution in [0.5, 0.6) is 0 Å². The van der Waals surface area contributed by atoms with Crippen LogP contribution in [0.3, 0.4) is 0 Å². The fourth-order valence-corrected chi connectivity index (χ4v) is 4.70. The number of hydrogen-bond acceptors (Lipinski definition) is 5. The standard InChI is InChI=1S/C25H22F3N3O4/c1-14(32)29-11-19-13-31(24(33)34-19)18-6-8-20-16(10-18)5-7-21(23-22(20)12-30-35-23)15-3-2-4-17(9-15)25(26,27)28/h2-4,6,8-10,12,19,21H,5,7,11,13H2,1H3,(H,29,32)/t19-,21?/m0/s1. The number of anilines is 1. The van der Waals surface area contributed by atoms with E-state index >= 15 is 0 Å². The Morgan fingerprint density at radius 2 is 2.03 bits per heavy atom. The molecule has 1 unspecified atom stereocenters. The molecule has 2 heterocycles. The van der Waals surface area contributed by atoms with Gasteiger partial charge in [0.15, 0.2) is 5.76 Å². The molecule has 2 aliphatic rings. The lowest BCUT2D eigenvalue weighted by molar-refractivity contribution is -0.137. The van der Waals surface area contributed by atoms with Crippen LogP contribution in [-0.4, -0.2) is 36.4 Å². The minimum atomic E-state index is -4.44. The van der Waals surface area contributed by atoms with Crippen LogP contribution in [0.25, 0.3) is 11.1 Å². The van der Waals surface area contributed by atoms with Crippen molar-refractivity contribution in [3.63, 3.8) is 0 Å². The molecule has 1 fully saturated rings. The molecule has 1 aliphatic carbocycles. The minimum Gasteiger partial charge on any atom is -0.442 e. The highest BCUT2D eigenvalue weighted by atomic mass is 19.4. The molecule has 0 radical (unpaired) electrons. The summed E-state index contributed by atoms with van der Waals surface area (Å²) < 4.78 is 50.8. The largest absolute Gasteiger partial charge is 0.442 e. The van der Waals surface area contributed by atoms with Gasteiger partial charge in [0.2, 0.25) is 5.91 Å². The summed E-state index contributed by atoms with van der Waals surface area (Å²) in [6.45, 7) is 1.92. The number of carbonyl (C=O) groups excluding carboxylic acids is 2. The summed E-state index contributed by atoms with van der Waals surface area (Å²) in [6, 6.07) is 10.8. The lowest BCUT2D eigenvalue weighted by Gasteiger charge is -2.16. The smallest absolute Gasteiger partial charge is 0.416 e. The predicted molar refractivity (Wildman–Crippen MR) is 120 cm³/mol. The van der Waals surface area contributed by atoms with Crippen molar-refractivity contribution in [1.82, 2.24) is 10.5 Å². The molecular weight excluding hydrogens is 463 g/mol. The number of rotatable bonds is 4. The maximum atomic E-state index is 13.3. The molecule has 2 atom stereocenters. The topological polar surface area (TPSA) is 84.7 Å². The van der Waals surface area contributed by atoms with E-state index < -0.39 is 29.9 Å². The number of halogens is 3. The Bertz CT molecular complexity index is 1290.